The van der Waals surface area contributed by atoms with Gasteiger partial charge < -0.3 is 15.4 Å². The molecule has 0 aliphatic carbocycles. The SMILES string of the molecule is CCN(CC)S(=O)(=O)c1ccc(OC)c(C(=O)N2CCCC(C(C)N)C2)c1.Cl. The normalized spacial score (nSPS) is 18.5. The van der Waals surface area contributed by atoms with Crippen LogP contribution in [0.3, 0.4) is 0 Å². The molecule has 2 unspecified atom stereocenters. The third kappa shape index (κ3) is 5.17. The second kappa shape index (κ2) is 10.4. The molecule has 1 aliphatic heterocycles. The van der Waals surface area contributed by atoms with Crippen LogP contribution in [0.25, 0.3) is 0 Å². The molecule has 7 nitrogen and oxygen atoms in total. The molecule has 1 saturated heterocycles. The predicted molar refractivity (Wildman–Crippen MR) is 113 cm³/mol. The Kier molecular flexibility index (Phi) is 9.20. The van der Waals surface area contributed by atoms with Gasteiger partial charge in [0.05, 0.1) is 17.6 Å². The quantitative estimate of drug-likeness (QED) is 0.712. The van der Waals surface area contributed by atoms with Gasteiger partial charge in [-0.1, -0.05) is 13.8 Å². The molecule has 160 valence electrons. The van der Waals surface area contributed by atoms with Crippen LogP contribution in [-0.2, 0) is 10.0 Å². The van der Waals surface area contributed by atoms with Crippen LogP contribution in [0.1, 0.15) is 44.0 Å². The summed E-state index contributed by atoms with van der Waals surface area (Å²) < 4.78 is 32.4. The fourth-order valence-corrected chi connectivity index (χ4v) is 5.01. The molecule has 1 aromatic rings. The number of carbonyl (C=O) groups excluding carboxylic acids is 1. The van der Waals surface area contributed by atoms with Crippen molar-refractivity contribution in [3.8, 4) is 5.75 Å². The minimum Gasteiger partial charge on any atom is -0.496 e. The Morgan fingerprint density at radius 2 is 2.00 bits per heavy atom. The number of hydrogen-bond acceptors (Lipinski definition) is 5. The number of nitrogens with zero attached hydrogens (tertiary/aromatic N) is 2. The number of nitrogens with two attached hydrogens (primary N) is 1. The van der Waals surface area contributed by atoms with Gasteiger partial charge in [0.25, 0.3) is 5.91 Å². The maximum absolute atomic E-state index is 13.1. The molecule has 0 bridgehead atoms. The Morgan fingerprint density at radius 1 is 1.36 bits per heavy atom. The van der Waals surface area contributed by atoms with Gasteiger partial charge in [-0.2, -0.15) is 4.31 Å². The van der Waals surface area contributed by atoms with Crippen molar-refractivity contribution in [1.29, 1.82) is 0 Å². The highest BCUT2D eigenvalue weighted by Gasteiger charge is 2.30. The lowest BCUT2D eigenvalue weighted by Gasteiger charge is -2.35. The zero-order chi connectivity index (χ0) is 20.2. The number of rotatable bonds is 7. The van der Waals surface area contributed by atoms with E-state index < -0.39 is 10.0 Å². The van der Waals surface area contributed by atoms with Crippen molar-refractivity contribution in [3.05, 3.63) is 23.8 Å². The van der Waals surface area contributed by atoms with Crippen LogP contribution in [0.2, 0.25) is 0 Å². The standard InChI is InChI=1S/C19H31N3O4S.ClH/c1-5-22(6-2)27(24,25)16-9-10-18(26-4)17(12-16)19(23)21-11-7-8-15(13-21)14(3)20;/h9-10,12,14-15H,5-8,11,13,20H2,1-4H3;1H. The van der Waals surface area contributed by atoms with Gasteiger partial charge in [-0.25, -0.2) is 8.42 Å². The van der Waals surface area contributed by atoms with Crippen molar-refractivity contribution < 1.29 is 17.9 Å². The van der Waals surface area contributed by atoms with Crippen molar-refractivity contribution in [2.24, 2.45) is 11.7 Å². The van der Waals surface area contributed by atoms with Gasteiger partial charge in [-0.15, -0.1) is 12.4 Å². The first-order valence-electron chi connectivity index (χ1n) is 9.49. The fraction of sp³-hybridized carbons (Fsp3) is 0.632. The molecule has 1 amide bonds. The minimum absolute atomic E-state index is 0. The van der Waals surface area contributed by atoms with E-state index in [-0.39, 0.29) is 40.7 Å². The molecular formula is C19H32ClN3O4S. The first-order valence-corrected chi connectivity index (χ1v) is 10.9. The van der Waals surface area contributed by atoms with Crippen LogP contribution >= 0.6 is 12.4 Å². The Balaban J connectivity index is 0.00000392. The smallest absolute Gasteiger partial charge is 0.257 e. The number of piperidine rings is 1. The summed E-state index contributed by atoms with van der Waals surface area (Å²) in [5.74, 6) is 0.409. The van der Waals surface area contributed by atoms with E-state index in [1.54, 1.807) is 24.8 Å². The first kappa shape index (κ1) is 24.7. The lowest BCUT2D eigenvalue weighted by molar-refractivity contribution is 0.0657. The van der Waals surface area contributed by atoms with Crippen LogP contribution < -0.4 is 10.5 Å². The summed E-state index contributed by atoms with van der Waals surface area (Å²) >= 11 is 0. The average molecular weight is 434 g/mol. The van der Waals surface area contributed by atoms with Crippen LogP contribution in [-0.4, -0.2) is 62.9 Å². The van der Waals surface area contributed by atoms with E-state index in [1.807, 2.05) is 6.92 Å². The molecule has 9 heteroatoms. The summed E-state index contributed by atoms with van der Waals surface area (Å²) in [7, 11) is -2.17. The van der Waals surface area contributed by atoms with Gasteiger partial charge in [-0.3, -0.25) is 4.79 Å². The average Bonchev–Trinajstić information content (AvgIpc) is 2.67. The number of methoxy groups -OCH3 is 1. The van der Waals surface area contributed by atoms with E-state index in [0.29, 0.717) is 31.9 Å². The lowest BCUT2D eigenvalue weighted by Crippen LogP contribution is -2.45. The molecule has 2 rings (SSSR count). The number of benzene rings is 1. The van der Waals surface area contributed by atoms with Gasteiger partial charge in [-0.05, 0) is 43.9 Å². The van der Waals surface area contributed by atoms with E-state index in [1.165, 1.54) is 23.5 Å². The number of hydrogen-bond donors (Lipinski definition) is 1. The highest BCUT2D eigenvalue weighted by molar-refractivity contribution is 7.89. The van der Waals surface area contributed by atoms with Gasteiger partial charge in [0, 0.05) is 32.2 Å². The largest absolute Gasteiger partial charge is 0.496 e. The summed E-state index contributed by atoms with van der Waals surface area (Å²) in [6, 6.07) is 4.49. The van der Waals surface area contributed by atoms with Gasteiger partial charge in [0.15, 0.2) is 0 Å². The molecule has 1 heterocycles. The molecule has 0 radical (unpaired) electrons. The molecular weight excluding hydrogens is 402 g/mol. The number of carbonyl (C=O) groups is 1. The Bertz CT molecular complexity index is 766. The fourth-order valence-electron chi connectivity index (χ4n) is 3.52. The Hall–Kier alpha value is -1.35. The molecule has 1 aromatic carbocycles. The number of sulfonamides is 1. The molecule has 1 fully saturated rings. The Morgan fingerprint density at radius 3 is 2.54 bits per heavy atom. The maximum atomic E-state index is 13.1. The maximum Gasteiger partial charge on any atom is 0.257 e. The summed E-state index contributed by atoms with van der Waals surface area (Å²) in [4.78, 5) is 15.0. The van der Waals surface area contributed by atoms with Crippen LogP contribution in [0, 0.1) is 5.92 Å². The molecule has 0 spiro atoms. The van der Waals surface area contributed by atoms with Crippen molar-refractivity contribution in [1.82, 2.24) is 9.21 Å². The van der Waals surface area contributed by atoms with E-state index in [4.69, 9.17) is 10.5 Å². The topological polar surface area (TPSA) is 92.9 Å². The van der Waals surface area contributed by atoms with Crippen molar-refractivity contribution in [2.75, 3.05) is 33.3 Å². The number of amides is 1. The summed E-state index contributed by atoms with van der Waals surface area (Å²) in [6.45, 7) is 7.49. The molecule has 2 atom stereocenters. The second-order valence-corrected chi connectivity index (χ2v) is 8.90. The van der Waals surface area contributed by atoms with Crippen molar-refractivity contribution in [2.45, 2.75) is 44.6 Å². The molecule has 0 saturated carbocycles. The summed E-state index contributed by atoms with van der Waals surface area (Å²) in [5.41, 5.74) is 6.30. The molecule has 28 heavy (non-hydrogen) atoms. The monoisotopic (exact) mass is 433 g/mol. The molecule has 0 aromatic heterocycles. The van der Waals surface area contributed by atoms with E-state index in [9.17, 15) is 13.2 Å². The zero-order valence-corrected chi connectivity index (χ0v) is 18.7. The first-order chi connectivity index (χ1) is 12.8. The van der Waals surface area contributed by atoms with Crippen molar-refractivity contribution >= 4 is 28.3 Å². The van der Waals surface area contributed by atoms with E-state index >= 15 is 0 Å². The van der Waals surface area contributed by atoms with E-state index in [2.05, 4.69) is 0 Å². The number of halogens is 1. The van der Waals surface area contributed by atoms with Crippen LogP contribution in [0.4, 0.5) is 0 Å². The highest BCUT2D eigenvalue weighted by atomic mass is 35.5. The number of likely N-dealkylation sites (tertiary alicyclic amines) is 1. The van der Waals surface area contributed by atoms with E-state index in [0.717, 1.165) is 12.8 Å². The third-order valence-corrected chi connectivity index (χ3v) is 7.28. The Labute approximate surface area is 174 Å². The van der Waals surface area contributed by atoms with Crippen LogP contribution in [0.15, 0.2) is 23.1 Å². The summed E-state index contributed by atoms with van der Waals surface area (Å²) in [5, 5.41) is 0. The third-order valence-electron chi connectivity index (χ3n) is 5.23. The highest BCUT2D eigenvalue weighted by Crippen LogP contribution is 2.28. The van der Waals surface area contributed by atoms with Crippen molar-refractivity contribution in [3.63, 3.8) is 0 Å². The predicted octanol–water partition coefficient (Wildman–Crippen LogP) is 2.35. The molecule has 2 N–H and O–H groups in total. The zero-order valence-electron chi connectivity index (χ0n) is 17.1. The molecule has 1 aliphatic rings. The number of ether oxygens (including phenoxy) is 1. The van der Waals surface area contributed by atoms with Crippen LogP contribution in [0.5, 0.6) is 5.75 Å². The van der Waals surface area contributed by atoms with Gasteiger partial charge in [0.1, 0.15) is 5.75 Å². The summed E-state index contributed by atoms with van der Waals surface area (Å²) in [6.07, 6.45) is 1.88. The van der Waals surface area contributed by atoms with Gasteiger partial charge >= 0.3 is 0 Å². The van der Waals surface area contributed by atoms with Gasteiger partial charge in [0.2, 0.25) is 10.0 Å². The second-order valence-electron chi connectivity index (χ2n) is 6.96. The minimum atomic E-state index is -3.65. The lowest BCUT2D eigenvalue weighted by atomic mass is 9.92.